The highest BCUT2D eigenvalue weighted by molar-refractivity contribution is 5.88. The maximum atomic E-state index is 13.9. The Labute approximate surface area is 187 Å². The standard InChI is InChI=1S/C25H29FN4O2/c1-15-13-30(10-11-31-15)21-14-32-22-12-17(26)8-9-18(22)23(21)27-19-6-3-7-20-24(19)29-25(28-20)16-4-2-5-16/h3,6-9,12,15-16,21,23,27H,2,4-5,10-11,13-14H2,1H3,(H,28,29)/t15-,21+,23+/m1/s1. The van der Waals surface area contributed by atoms with Crippen LogP contribution in [0.15, 0.2) is 36.4 Å². The summed E-state index contributed by atoms with van der Waals surface area (Å²) in [4.78, 5) is 10.9. The Morgan fingerprint density at radius 3 is 2.94 bits per heavy atom. The van der Waals surface area contributed by atoms with E-state index in [1.54, 1.807) is 0 Å². The van der Waals surface area contributed by atoms with Gasteiger partial charge < -0.3 is 19.8 Å². The number of H-pyrrole nitrogens is 1. The number of nitrogens with one attached hydrogen (secondary N) is 2. The van der Waals surface area contributed by atoms with Crippen LogP contribution in [0.5, 0.6) is 5.75 Å². The second kappa shape index (κ2) is 8.05. The Morgan fingerprint density at radius 1 is 1.22 bits per heavy atom. The van der Waals surface area contributed by atoms with Crippen molar-refractivity contribution in [3.63, 3.8) is 0 Å². The van der Waals surface area contributed by atoms with Crippen molar-refractivity contribution < 1.29 is 13.9 Å². The Kier molecular flexibility index (Phi) is 5.03. The molecule has 2 aromatic carbocycles. The zero-order chi connectivity index (χ0) is 21.7. The van der Waals surface area contributed by atoms with E-state index in [-0.39, 0.29) is 24.0 Å². The van der Waals surface area contributed by atoms with E-state index in [9.17, 15) is 4.39 Å². The first-order valence-corrected chi connectivity index (χ1v) is 11.7. The van der Waals surface area contributed by atoms with Crippen LogP contribution in [0.4, 0.5) is 10.1 Å². The summed E-state index contributed by atoms with van der Waals surface area (Å²) in [6, 6.07) is 11.2. The van der Waals surface area contributed by atoms with Gasteiger partial charge in [-0.3, -0.25) is 4.90 Å². The average Bonchev–Trinajstić information content (AvgIpc) is 3.17. The number of halogens is 1. The summed E-state index contributed by atoms with van der Waals surface area (Å²) in [5.41, 5.74) is 4.00. The number of hydrogen-bond acceptors (Lipinski definition) is 5. The smallest absolute Gasteiger partial charge is 0.127 e. The normalized spacial score (nSPS) is 26.4. The van der Waals surface area contributed by atoms with Gasteiger partial charge in [0.25, 0.3) is 0 Å². The molecule has 2 fully saturated rings. The number of nitrogens with zero attached hydrogens (tertiary/aromatic N) is 2. The number of fused-ring (bicyclic) bond motifs is 2. The first-order chi connectivity index (χ1) is 15.7. The Bertz CT molecular complexity index is 1130. The molecule has 6 rings (SSSR count). The van der Waals surface area contributed by atoms with Crippen molar-refractivity contribution in [3.8, 4) is 5.75 Å². The van der Waals surface area contributed by atoms with Crippen LogP contribution in [0.25, 0.3) is 11.0 Å². The van der Waals surface area contributed by atoms with Crippen LogP contribution in [0.1, 0.15) is 49.5 Å². The number of aromatic amines is 1. The van der Waals surface area contributed by atoms with Gasteiger partial charge in [0.05, 0.1) is 36.0 Å². The van der Waals surface area contributed by atoms with Crippen LogP contribution in [0.2, 0.25) is 0 Å². The third-order valence-corrected chi connectivity index (χ3v) is 7.18. The molecule has 0 radical (unpaired) electrons. The van der Waals surface area contributed by atoms with Crippen LogP contribution in [0, 0.1) is 5.82 Å². The molecule has 7 heteroatoms. The highest BCUT2D eigenvalue weighted by Gasteiger charge is 2.37. The maximum absolute atomic E-state index is 13.9. The van der Waals surface area contributed by atoms with Gasteiger partial charge >= 0.3 is 0 Å². The highest BCUT2D eigenvalue weighted by Crippen LogP contribution is 2.40. The summed E-state index contributed by atoms with van der Waals surface area (Å²) >= 11 is 0. The summed E-state index contributed by atoms with van der Waals surface area (Å²) in [6.45, 7) is 5.02. The lowest BCUT2D eigenvalue weighted by atomic mass is 9.85. The first-order valence-electron chi connectivity index (χ1n) is 11.7. The van der Waals surface area contributed by atoms with Gasteiger partial charge in [0.2, 0.25) is 0 Å². The van der Waals surface area contributed by atoms with Crippen LogP contribution < -0.4 is 10.1 Å². The molecule has 1 saturated carbocycles. The van der Waals surface area contributed by atoms with E-state index in [1.165, 1.54) is 31.4 Å². The molecule has 1 saturated heterocycles. The van der Waals surface area contributed by atoms with E-state index in [4.69, 9.17) is 14.5 Å². The second-order valence-corrected chi connectivity index (χ2v) is 9.31. The number of morpholine rings is 1. The quantitative estimate of drug-likeness (QED) is 0.626. The van der Waals surface area contributed by atoms with Crippen molar-refractivity contribution in [2.24, 2.45) is 0 Å². The Morgan fingerprint density at radius 2 is 2.12 bits per heavy atom. The number of benzene rings is 2. The highest BCUT2D eigenvalue weighted by atomic mass is 19.1. The third kappa shape index (κ3) is 3.53. The lowest BCUT2D eigenvalue weighted by Gasteiger charge is -2.44. The minimum atomic E-state index is -0.277. The van der Waals surface area contributed by atoms with E-state index in [0.29, 0.717) is 24.9 Å². The summed E-state index contributed by atoms with van der Waals surface area (Å²) in [5, 5.41) is 3.78. The molecule has 0 amide bonds. The van der Waals surface area contributed by atoms with Gasteiger partial charge in [-0.2, -0.15) is 0 Å². The minimum Gasteiger partial charge on any atom is -0.491 e. The summed E-state index contributed by atoms with van der Waals surface area (Å²) < 4.78 is 25.7. The molecule has 2 aliphatic heterocycles. The van der Waals surface area contributed by atoms with Gasteiger partial charge in [0, 0.05) is 30.6 Å². The van der Waals surface area contributed by atoms with E-state index in [2.05, 4.69) is 40.3 Å². The van der Waals surface area contributed by atoms with Gasteiger partial charge in [0.15, 0.2) is 0 Å². The fraction of sp³-hybridized carbons (Fsp3) is 0.480. The van der Waals surface area contributed by atoms with Crippen molar-refractivity contribution in [1.82, 2.24) is 14.9 Å². The molecule has 0 unspecified atom stereocenters. The molecule has 168 valence electrons. The molecule has 6 nitrogen and oxygen atoms in total. The molecular formula is C25H29FN4O2. The van der Waals surface area contributed by atoms with Crippen LogP contribution >= 0.6 is 0 Å². The molecule has 0 bridgehead atoms. The zero-order valence-electron chi connectivity index (χ0n) is 18.3. The first kappa shape index (κ1) is 20.0. The number of rotatable bonds is 4. The summed E-state index contributed by atoms with van der Waals surface area (Å²) in [6.07, 6.45) is 3.87. The molecule has 2 N–H and O–H groups in total. The van der Waals surface area contributed by atoms with E-state index >= 15 is 0 Å². The number of aromatic nitrogens is 2. The molecule has 0 spiro atoms. The monoisotopic (exact) mass is 436 g/mol. The Hall–Kier alpha value is -2.64. The minimum absolute atomic E-state index is 0.0425. The van der Waals surface area contributed by atoms with Crippen molar-refractivity contribution in [2.45, 2.75) is 50.3 Å². The van der Waals surface area contributed by atoms with E-state index in [1.807, 2.05) is 6.07 Å². The van der Waals surface area contributed by atoms with Crippen LogP contribution in [0.3, 0.4) is 0 Å². The zero-order valence-corrected chi connectivity index (χ0v) is 18.3. The predicted octanol–water partition coefficient (Wildman–Crippen LogP) is 4.60. The van der Waals surface area contributed by atoms with E-state index < -0.39 is 0 Å². The summed E-state index contributed by atoms with van der Waals surface area (Å²) in [7, 11) is 0. The average molecular weight is 437 g/mol. The molecule has 3 atom stereocenters. The number of imidazole rings is 1. The molecule has 3 heterocycles. The van der Waals surface area contributed by atoms with Gasteiger partial charge in [-0.05, 0) is 38.0 Å². The Balaban J connectivity index is 1.38. The van der Waals surface area contributed by atoms with Crippen molar-refractivity contribution in [2.75, 3.05) is 31.6 Å². The fourth-order valence-corrected chi connectivity index (χ4v) is 5.22. The van der Waals surface area contributed by atoms with Crippen molar-refractivity contribution in [1.29, 1.82) is 0 Å². The van der Waals surface area contributed by atoms with Gasteiger partial charge in [-0.25, -0.2) is 9.37 Å². The predicted molar refractivity (Wildman–Crippen MR) is 122 cm³/mol. The fourth-order valence-electron chi connectivity index (χ4n) is 5.22. The van der Waals surface area contributed by atoms with Crippen molar-refractivity contribution in [3.05, 3.63) is 53.6 Å². The SMILES string of the molecule is C[C@@H]1CN([C@H]2COc3cc(F)ccc3[C@@H]2Nc2cccc3[nH]c(C4CCC4)nc23)CCO1. The second-order valence-electron chi connectivity index (χ2n) is 9.31. The number of anilines is 1. The lowest BCUT2D eigenvalue weighted by Crippen LogP contribution is -2.54. The lowest BCUT2D eigenvalue weighted by molar-refractivity contribution is -0.0465. The molecular weight excluding hydrogens is 407 g/mol. The molecule has 1 aromatic heterocycles. The number of para-hydroxylation sites is 1. The topological polar surface area (TPSA) is 62.4 Å². The van der Waals surface area contributed by atoms with Crippen molar-refractivity contribution >= 4 is 16.7 Å². The van der Waals surface area contributed by atoms with Crippen LogP contribution in [-0.4, -0.2) is 53.3 Å². The molecule has 3 aliphatic rings. The van der Waals surface area contributed by atoms with Gasteiger partial charge in [0.1, 0.15) is 29.5 Å². The third-order valence-electron chi connectivity index (χ3n) is 7.18. The largest absolute Gasteiger partial charge is 0.491 e. The molecule has 1 aliphatic carbocycles. The van der Waals surface area contributed by atoms with Gasteiger partial charge in [-0.1, -0.05) is 18.6 Å². The molecule has 3 aromatic rings. The maximum Gasteiger partial charge on any atom is 0.127 e. The van der Waals surface area contributed by atoms with Crippen LogP contribution in [-0.2, 0) is 4.74 Å². The summed E-state index contributed by atoms with van der Waals surface area (Å²) in [5.74, 6) is 1.98. The number of hydrogen-bond donors (Lipinski definition) is 2. The van der Waals surface area contributed by atoms with E-state index in [0.717, 1.165) is 41.2 Å². The van der Waals surface area contributed by atoms with Gasteiger partial charge in [-0.15, -0.1) is 0 Å². The number of ether oxygens (including phenoxy) is 2. The molecule has 32 heavy (non-hydrogen) atoms.